The lowest BCUT2D eigenvalue weighted by Gasteiger charge is -2.48. The minimum atomic E-state index is 0.175. The topological polar surface area (TPSA) is 53.9 Å². The Bertz CT molecular complexity index is 810. The number of piperazine rings is 1. The zero-order valence-corrected chi connectivity index (χ0v) is 14.9. The van der Waals surface area contributed by atoms with Gasteiger partial charge in [0.2, 0.25) is 0 Å². The summed E-state index contributed by atoms with van der Waals surface area (Å²) in [7, 11) is 0. The van der Waals surface area contributed by atoms with Crippen molar-refractivity contribution in [2.75, 3.05) is 11.4 Å². The zero-order chi connectivity index (χ0) is 17.8. The van der Waals surface area contributed by atoms with E-state index in [1.165, 1.54) is 5.56 Å². The number of aromatic nitrogens is 3. The van der Waals surface area contributed by atoms with Crippen LogP contribution in [0.25, 0.3) is 0 Å². The minimum absolute atomic E-state index is 0.175. The van der Waals surface area contributed by atoms with Crippen molar-refractivity contribution in [1.29, 1.82) is 0 Å². The fourth-order valence-corrected chi connectivity index (χ4v) is 3.92. The predicted octanol–water partition coefficient (Wildman–Crippen LogP) is 3.54. The van der Waals surface area contributed by atoms with Crippen LogP contribution >= 0.6 is 0 Å². The van der Waals surface area contributed by atoms with E-state index in [1.54, 1.807) is 6.20 Å². The van der Waals surface area contributed by atoms with E-state index < -0.39 is 0 Å². The van der Waals surface area contributed by atoms with Gasteiger partial charge in [-0.05, 0) is 30.2 Å². The second kappa shape index (κ2) is 7.62. The summed E-state index contributed by atoms with van der Waals surface area (Å²) in [5.41, 5.74) is 3.48. The summed E-state index contributed by atoms with van der Waals surface area (Å²) >= 11 is 0. The molecule has 1 N–H and O–H groups in total. The van der Waals surface area contributed by atoms with Gasteiger partial charge in [0.25, 0.3) is 0 Å². The highest BCUT2D eigenvalue weighted by molar-refractivity contribution is 5.49. The largest absolute Gasteiger partial charge is 0.357 e. The number of rotatable bonds is 4. The molecule has 5 nitrogen and oxygen atoms in total. The summed E-state index contributed by atoms with van der Waals surface area (Å²) < 4.78 is 0. The highest BCUT2D eigenvalue weighted by Crippen LogP contribution is 2.37. The second-order valence-electron chi connectivity index (χ2n) is 6.55. The number of nitrogens with zero attached hydrogens (tertiary/aromatic N) is 4. The van der Waals surface area contributed by atoms with Crippen LogP contribution in [-0.2, 0) is 0 Å². The summed E-state index contributed by atoms with van der Waals surface area (Å²) in [5, 5.41) is 11.8. The summed E-state index contributed by atoms with van der Waals surface area (Å²) in [6.45, 7) is 3.08. The van der Waals surface area contributed by atoms with E-state index in [4.69, 9.17) is 0 Å². The van der Waals surface area contributed by atoms with Crippen LogP contribution in [0, 0.1) is 0 Å². The van der Waals surface area contributed by atoms with E-state index in [0.717, 1.165) is 24.3 Å². The molecule has 3 heterocycles. The standard InChI is InChI=1S/C21H23N5/c1-2-19-21(18-10-6-7-12-22-18)23-15-20(16-8-4-3-5-9-16)26(19)17-11-13-24-25-14-17/h3-14,19-21,23H,2,15H2,1H3. The Kier molecular flexibility index (Phi) is 4.88. The Labute approximate surface area is 154 Å². The average molecular weight is 345 g/mol. The number of pyridine rings is 1. The Morgan fingerprint density at radius 1 is 1.00 bits per heavy atom. The molecule has 5 heteroatoms. The number of nitrogens with one attached hydrogen (secondary N) is 1. The van der Waals surface area contributed by atoms with Crippen LogP contribution in [0.4, 0.5) is 5.69 Å². The first-order valence-corrected chi connectivity index (χ1v) is 9.12. The van der Waals surface area contributed by atoms with E-state index in [2.05, 4.69) is 74.8 Å². The molecule has 1 saturated heterocycles. The Morgan fingerprint density at radius 3 is 2.54 bits per heavy atom. The van der Waals surface area contributed by atoms with E-state index >= 15 is 0 Å². The number of anilines is 1. The van der Waals surface area contributed by atoms with Gasteiger partial charge in [-0.3, -0.25) is 4.98 Å². The molecular weight excluding hydrogens is 322 g/mol. The maximum Gasteiger partial charge on any atom is 0.0730 e. The summed E-state index contributed by atoms with van der Waals surface area (Å²) in [6, 6.07) is 19.5. The fourth-order valence-electron chi connectivity index (χ4n) is 3.92. The summed E-state index contributed by atoms with van der Waals surface area (Å²) in [6.07, 6.45) is 6.49. The third-order valence-electron chi connectivity index (χ3n) is 5.08. The highest BCUT2D eigenvalue weighted by Gasteiger charge is 2.38. The van der Waals surface area contributed by atoms with Gasteiger partial charge in [0.15, 0.2) is 0 Å². The van der Waals surface area contributed by atoms with Crippen molar-refractivity contribution >= 4 is 5.69 Å². The van der Waals surface area contributed by atoms with Crippen LogP contribution in [0.3, 0.4) is 0 Å². The first-order chi connectivity index (χ1) is 12.9. The third-order valence-corrected chi connectivity index (χ3v) is 5.08. The smallest absolute Gasteiger partial charge is 0.0730 e. The lowest BCUT2D eigenvalue weighted by atomic mass is 9.91. The highest BCUT2D eigenvalue weighted by atomic mass is 15.3. The van der Waals surface area contributed by atoms with Crippen LogP contribution in [0.1, 0.15) is 36.7 Å². The average Bonchev–Trinajstić information content (AvgIpc) is 2.74. The Balaban J connectivity index is 1.76. The Morgan fingerprint density at radius 2 is 1.85 bits per heavy atom. The molecule has 0 saturated carbocycles. The zero-order valence-electron chi connectivity index (χ0n) is 14.9. The van der Waals surface area contributed by atoms with Gasteiger partial charge in [0, 0.05) is 12.7 Å². The third kappa shape index (κ3) is 3.18. The van der Waals surface area contributed by atoms with Gasteiger partial charge in [0.05, 0.1) is 41.9 Å². The molecule has 26 heavy (non-hydrogen) atoms. The van der Waals surface area contributed by atoms with Gasteiger partial charge in [0.1, 0.15) is 0 Å². The molecule has 1 aromatic carbocycles. The van der Waals surface area contributed by atoms with Gasteiger partial charge < -0.3 is 10.2 Å². The summed E-state index contributed by atoms with van der Waals surface area (Å²) in [5.74, 6) is 0. The molecule has 3 unspecified atom stereocenters. The van der Waals surface area contributed by atoms with Gasteiger partial charge in [-0.15, -0.1) is 0 Å². The van der Waals surface area contributed by atoms with Gasteiger partial charge in [-0.1, -0.05) is 43.3 Å². The fraction of sp³-hybridized carbons (Fsp3) is 0.286. The first-order valence-electron chi connectivity index (χ1n) is 9.12. The van der Waals surface area contributed by atoms with Crippen molar-refractivity contribution in [2.24, 2.45) is 0 Å². The second-order valence-corrected chi connectivity index (χ2v) is 6.55. The molecule has 0 amide bonds. The van der Waals surface area contributed by atoms with Crippen molar-refractivity contribution in [1.82, 2.24) is 20.5 Å². The lowest BCUT2D eigenvalue weighted by molar-refractivity contribution is 0.311. The molecule has 1 aliphatic heterocycles. The Hall–Kier alpha value is -2.79. The van der Waals surface area contributed by atoms with Gasteiger partial charge in [-0.2, -0.15) is 10.2 Å². The van der Waals surface area contributed by atoms with Crippen molar-refractivity contribution in [3.63, 3.8) is 0 Å². The molecule has 1 fully saturated rings. The summed E-state index contributed by atoms with van der Waals surface area (Å²) in [4.78, 5) is 7.10. The first kappa shape index (κ1) is 16.7. The number of hydrogen-bond acceptors (Lipinski definition) is 5. The molecule has 4 rings (SSSR count). The van der Waals surface area contributed by atoms with Crippen LogP contribution < -0.4 is 10.2 Å². The predicted molar refractivity (Wildman–Crippen MR) is 103 cm³/mol. The normalized spacial score (nSPS) is 23.0. The van der Waals surface area contributed by atoms with E-state index in [0.29, 0.717) is 0 Å². The molecule has 132 valence electrons. The molecular formula is C21H23N5. The number of hydrogen-bond donors (Lipinski definition) is 1. The van der Waals surface area contributed by atoms with Crippen LogP contribution in [0.2, 0.25) is 0 Å². The van der Waals surface area contributed by atoms with Crippen molar-refractivity contribution in [3.8, 4) is 0 Å². The molecule has 0 spiro atoms. The van der Waals surface area contributed by atoms with E-state index in [-0.39, 0.29) is 18.1 Å². The quantitative estimate of drug-likeness (QED) is 0.784. The van der Waals surface area contributed by atoms with Crippen LogP contribution in [0.15, 0.2) is 73.2 Å². The van der Waals surface area contributed by atoms with Crippen LogP contribution in [-0.4, -0.2) is 27.8 Å². The minimum Gasteiger partial charge on any atom is -0.357 e. The van der Waals surface area contributed by atoms with Gasteiger partial charge in [-0.25, -0.2) is 0 Å². The van der Waals surface area contributed by atoms with Crippen molar-refractivity contribution in [3.05, 3.63) is 84.4 Å². The SMILES string of the molecule is CCC1C(c2ccccn2)NCC(c2ccccc2)N1c1ccnnc1. The van der Waals surface area contributed by atoms with E-state index in [1.807, 2.05) is 24.5 Å². The maximum atomic E-state index is 4.61. The van der Waals surface area contributed by atoms with Gasteiger partial charge >= 0.3 is 0 Å². The van der Waals surface area contributed by atoms with Crippen LogP contribution in [0.5, 0.6) is 0 Å². The molecule has 0 radical (unpaired) electrons. The number of benzene rings is 1. The maximum absolute atomic E-state index is 4.61. The molecule has 0 aliphatic carbocycles. The monoisotopic (exact) mass is 345 g/mol. The molecule has 3 atom stereocenters. The van der Waals surface area contributed by atoms with Crippen molar-refractivity contribution < 1.29 is 0 Å². The molecule has 2 aromatic heterocycles. The molecule has 1 aliphatic rings. The van der Waals surface area contributed by atoms with Crippen molar-refractivity contribution in [2.45, 2.75) is 31.5 Å². The molecule has 3 aromatic rings. The molecule has 0 bridgehead atoms. The lowest BCUT2D eigenvalue weighted by Crippen LogP contribution is -2.55. The van der Waals surface area contributed by atoms with E-state index in [9.17, 15) is 0 Å².